The minimum Gasteiger partial charge on any atom is -0.346 e. The van der Waals surface area contributed by atoms with Crippen LogP contribution in [0.15, 0.2) is 48.5 Å². The highest BCUT2D eigenvalue weighted by atomic mass is 79.9. The lowest BCUT2D eigenvalue weighted by molar-refractivity contribution is 0.0940. The number of carbonyl (C=O) groups excluding carboxylic acids is 1. The first-order valence-electron chi connectivity index (χ1n) is 6.31. The number of hydrogen-bond acceptors (Lipinski definition) is 1. The molecule has 104 valence electrons. The zero-order chi connectivity index (χ0) is 14.5. The molecule has 0 aliphatic heterocycles. The molecule has 2 rings (SSSR count). The number of amides is 1. The first-order chi connectivity index (χ1) is 9.60. The predicted octanol–water partition coefficient (Wildman–Crippen LogP) is 4.21. The zero-order valence-electron chi connectivity index (χ0n) is 11.1. The van der Waals surface area contributed by atoms with E-state index in [0.717, 1.165) is 16.5 Å². The molecule has 2 nitrogen and oxygen atoms in total. The van der Waals surface area contributed by atoms with E-state index in [9.17, 15) is 9.18 Å². The molecule has 0 saturated carbocycles. The topological polar surface area (TPSA) is 29.1 Å². The molecule has 0 aliphatic carbocycles. The molecule has 2 aromatic rings. The maximum Gasteiger partial charge on any atom is 0.251 e. The molecule has 0 saturated heterocycles. The summed E-state index contributed by atoms with van der Waals surface area (Å²) >= 11 is 3.36. The van der Waals surface area contributed by atoms with Crippen LogP contribution in [0.2, 0.25) is 0 Å². The van der Waals surface area contributed by atoms with Crippen molar-refractivity contribution in [1.29, 1.82) is 0 Å². The normalized spacial score (nSPS) is 11.9. The van der Waals surface area contributed by atoms with Gasteiger partial charge in [-0.25, -0.2) is 4.39 Å². The molecule has 0 aliphatic rings. The van der Waals surface area contributed by atoms with Crippen molar-refractivity contribution in [2.75, 3.05) is 0 Å². The van der Waals surface area contributed by atoms with Crippen LogP contribution in [0, 0.1) is 5.82 Å². The Morgan fingerprint density at radius 2 is 1.75 bits per heavy atom. The van der Waals surface area contributed by atoms with Crippen LogP contribution < -0.4 is 5.32 Å². The number of benzene rings is 2. The van der Waals surface area contributed by atoms with Crippen molar-refractivity contribution >= 4 is 21.8 Å². The molecule has 2 aromatic carbocycles. The number of nitrogens with one attached hydrogen (secondary N) is 1. The first kappa shape index (κ1) is 14.7. The highest BCUT2D eigenvalue weighted by Gasteiger charge is 2.11. The van der Waals surface area contributed by atoms with Gasteiger partial charge >= 0.3 is 0 Å². The van der Waals surface area contributed by atoms with Gasteiger partial charge in [0.25, 0.3) is 5.91 Å². The molecular formula is C16H15BrFNO. The summed E-state index contributed by atoms with van der Waals surface area (Å²) in [5.41, 5.74) is 2.61. The molecule has 0 radical (unpaired) electrons. The van der Waals surface area contributed by atoms with E-state index < -0.39 is 0 Å². The SMILES string of the molecule is C[C@@H](NC(=O)c1ccc(CBr)cc1)c1ccc(F)cc1. The Morgan fingerprint density at radius 1 is 1.15 bits per heavy atom. The molecule has 4 heteroatoms. The minimum atomic E-state index is -0.280. The van der Waals surface area contributed by atoms with Crippen LogP contribution in [0.4, 0.5) is 4.39 Å². The molecule has 1 atom stereocenters. The van der Waals surface area contributed by atoms with Gasteiger partial charge in [-0.15, -0.1) is 0 Å². The largest absolute Gasteiger partial charge is 0.346 e. The summed E-state index contributed by atoms with van der Waals surface area (Å²) in [5.74, 6) is -0.416. The van der Waals surface area contributed by atoms with Crippen LogP contribution >= 0.6 is 15.9 Å². The van der Waals surface area contributed by atoms with Gasteiger partial charge in [-0.1, -0.05) is 40.2 Å². The molecule has 0 bridgehead atoms. The van der Waals surface area contributed by atoms with Gasteiger partial charge < -0.3 is 5.32 Å². The van der Waals surface area contributed by atoms with Crippen LogP contribution in [0.5, 0.6) is 0 Å². The third-order valence-corrected chi connectivity index (χ3v) is 3.74. The van der Waals surface area contributed by atoms with E-state index in [1.54, 1.807) is 24.3 Å². The first-order valence-corrected chi connectivity index (χ1v) is 7.43. The Hall–Kier alpha value is -1.68. The van der Waals surface area contributed by atoms with Crippen LogP contribution in [-0.2, 0) is 5.33 Å². The highest BCUT2D eigenvalue weighted by Crippen LogP contribution is 2.14. The van der Waals surface area contributed by atoms with E-state index >= 15 is 0 Å². The monoisotopic (exact) mass is 335 g/mol. The number of hydrogen-bond donors (Lipinski definition) is 1. The predicted molar refractivity (Wildman–Crippen MR) is 81.4 cm³/mol. The average Bonchev–Trinajstić information content (AvgIpc) is 2.48. The van der Waals surface area contributed by atoms with Gasteiger partial charge in [0.1, 0.15) is 5.82 Å². The van der Waals surface area contributed by atoms with Crippen LogP contribution in [0.1, 0.15) is 34.5 Å². The standard InChI is InChI=1S/C16H15BrFNO/c1-11(13-6-8-15(18)9-7-13)19-16(20)14-4-2-12(10-17)3-5-14/h2-9,11H,10H2,1H3,(H,19,20)/t11-/m1/s1. The number of carbonyl (C=O) groups is 1. The lowest BCUT2D eigenvalue weighted by atomic mass is 10.1. The van der Waals surface area contributed by atoms with Gasteiger partial charge in [-0.05, 0) is 42.3 Å². The fourth-order valence-electron chi connectivity index (χ4n) is 1.86. The minimum absolute atomic E-state index is 0.136. The highest BCUT2D eigenvalue weighted by molar-refractivity contribution is 9.08. The lowest BCUT2D eigenvalue weighted by Gasteiger charge is -2.14. The molecule has 0 fully saturated rings. The fraction of sp³-hybridized carbons (Fsp3) is 0.188. The molecule has 20 heavy (non-hydrogen) atoms. The Labute approximate surface area is 126 Å². The van der Waals surface area contributed by atoms with Crippen LogP contribution in [0.25, 0.3) is 0 Å². The van der Waals surface area contributed by atoms with E-state index in [1.165, 1.54) is 12.1 Å². The molecule has 1 amide bonds. The summed E-state index contributed by atoms with van der Waals surface area (Å²) in [5, 5.41) is 3.66. The number of rotatable bonds is 4. The summed E-state index contributed by atoms with van der Waals surface area (Å²) in [6.45, 7) is 1.87. The van der Waals surface area contributed by atoms with Gasteiger partial charge in [0.15, 0.2) is 0 Å². The van der Waals surface area contributed by atoms with Crippen molar-refractivity contribution in [3.63, 3.8) is 0 Å². The Kier molecular flexibility index (Phi) is 4.90. The second-order valence-electron chi connectivity index (χ2n) is 4.58. The van der Waals surface area contributed by atoms with E-state index in [4.69, 9.17) is 0 Å². The maximum atomic E-state index is 12.9. The van der Waals surface area contributed by atoms with E-state index in [2.05, 4.69) is 21.2 Å². The Balaban J connectivity index is 2.04. The second-order valence-corrected chi connectivity index (χ2v) is 5.14. The van der Waals surface area contributed by atoms with E-state index in [1.807, 2.05) is 19.1 Å². The van der Waals surface area contributed by atoms with Crippen molar-refractivity contribution in [2.24, 2.45) is 0 Å². The third kappa shape index (κ3) is 3.67. The van der Waals surface area contributed by atoms with Gasteiger partial charge in [0.2, 0.25) is 0 Å². The summed E-state index contributed by atoms with van der Waals surface area (Å²) in [6, 6.07) is 13.4. The van der Waals surface area contributed by atoms with Crippen molar-refractivity contribution in [2.45, 2.75) is 18.3 Å². The van der Waals surface area contributed by atoms with E-state index in [-0.39, 0.29) is 17.8 Å². The molecule has 0 unspecified atom stereocenters. The average molecular weight is 336 g/mol. The Bertz CT molecular complexity index is 580. The van der Waals surface area contributed by atoms with E-state index in [0.29, 0.717) is 5.56 Å². The van der Waals surface area contributed by atoms with Crippen molar-refractivity contribution in [3.8, 4) is 0 Å². The second kappa shape index (κ2) is 6.66. The number of alkyl halides is 1. The summed E-state index contributed by atoms with van der Waals surface area (Å²) in [7, 11) is 0. The van der Waals surface area contributed by atoms with Crippen LogP contribution in [0.3, 0.4) is 0 Å². The molecular weight excluding hydrogens is 321 g/mol. The Morgan fingerprint density at radius 3 is 2.30 bits per heavy atom. The van der Waals surface area contributed by atoms with Crippen LogP contribution in [-0.4, -0.2) is 5.91 Å². The molecule has 1 N–H and O–H groups in total. The van der Waals surface area contributed by atoms with Gasteiger partial charge in [-0.3, -0.25) is 4.79 Å². The number of halogens is 2. The zero-order valence-corrected chi connectivity index (χ0v) is 12.7. The maximum absolute atomic E-state index is 12.9. The van der Waals surface area contributed by atoms with Gasteiger partial charge in [0, 0.05) is 10.9 Å². The lowest BCUT2D eigenvalue weighted by Crippen LogP contribution is -2.26. The summed E-state index contributed by atoms with van der Waals surface area (Å²) in [4.78, 5) is 12.1. The summed E-state index contributed by atoms with van der Waals surface area (Å²) in [6.07, 6.45) is 0. The summed E-state index contributed by atoms with van der Waals surface area (Å²) < 4.78 is 12.9. The van der Waals surface area contributed by atoms with Gasteiger partial charge in [-0.2, -0.15) is 0 Å². The van der Waals surface area contributed by atoms with Crippen molar-refractivity contribution in [1.82, 2.24) is 5.32 Å². The molecule has 0 aromatic heterocycles. The fourth-order valence-corrected chi connectivity index (χ4v) is 2.23. The quantitative estimate of drug-likeness (QED) is 0.833. The van der Waals surface area contributed by atoms with Crippen molar-refractivity contribution in [3.05, 3.63) is 71.0 Å². The van der Waals surface area contributed by atoms with Gasteiger partial charge in [0.05, 0.1) is 6.04 Å². The molecule has 0 heterocycles. The van der Waals surface area contributed by atoms with Crippen molar-refractivity contribution < 1.29 is 9.18 Å². The third-order valence-electron chi connectivity index (χ3n) is 3.09. The smallest absolute Gasteiger partial charge is 0.251 e. The molecule has 0 spiro atoms.